The van der Waals surface area contributed by atoms with Crippen LogP contribution in [0.25, 0.3) is 0 Å². The Morgan fingerprint density at radius 2 is 2.21 bits per heavy atom. The molecule has 0 bridgehead atoms. The fourth-order valence-corrected chi connectivity index (χ4v) is 5.79. The van der Waals surface area contributed by atoms with Crippen LogP contribution in [0.5, 0.6) is 0 Å². The summed E-state index contributed by atoms with van der Waals surface area (Å²) in [7, 11) is -1.95. The van der Waals surface area contributed by atoms with Gasteiger partial charge in [0.2, 0.25) is 5.03 Å². The van der Waals surface area contributed by atoms with Crippen molar-refractivity contribution in [1.82, 2.24) is 24.6 Å². The number of aryl methyl sites for hydroxylation is 1. The molecule has 1 N–H and O–H groups in total. The lowest BCUT2D eigenvalue weighted by molar-refractivity contribution is 0.216. The van der Waals surface area contributed by atoms with Crippen LogP contribution in [-0.4, -0.2) is 53.4 Å². The van der Waals surface area contributed by atoms with Gasteiger partial charge in [0.25, 0.3) is 10.0 Å². The second-order valence-corrected chi connectivity index (χ2v) is 7.61. The zero-order valence-electron chi connectivity index (χ0n) is 10.6. The maximum absolute atomic E-state index is 12.8. The summed E-state index contributed by atoms with van der Waals surface area (Å²) in [6.45, 7) is 2.21. The number of aromatic nitrogens is 3. The van der Waals surface area contributed by atoms with Crippen LogP contribution in [0.1, 0.15) is 12.8 Å². The molecule has 9 heteroatoms. The monoisotopic (exact) mass is 349 g/mol. The first kappa shape index (κ1) is 13.5. The van der Waals surface area contributed by atoms with E-state index >= 15 is 0 Å². The highest BCUT2D eigenvalue weighted by Crippen LogP contribution is 2.32. The summed E-state index contributed by atoms with van der Waals surface area (Å²) in [6, 6.07) is 0.0561. The van der Waals surface area contributed by atoms with E-state index in [2.05, 4.69) is 31.6 Å². The lowest BCUT2D eigenvalue weighted by Gasteiger charge is -2.35. The minimum absolute atomic E-state index is 0.0561. The Hall–Kier alpha value is -0.510. The molecular weight excluding hydrogens is 334 g/mol. The lowest BCUT2D eigenvalue weighted by atomic mass is 9.94. The first-order chi connectivity index (χ1) is 9.01. The second kappa shape index (κ2) is 4.80. The predicted octanol–water partition coefficient (Wildman–Crippen LogP) is -0.0499. The molecule has 2 fully saturated rings. The molecule has 7 nitrogen and oxygen atoms in total. The molecule has 2 saturated heterocycles. The molecule has 2 atom stereocenters. The molecule has 1 aromatic rings. The van der Waals surface area contributed by atoms with E-state index in [-0.39, 0.29) is 15.7 Å². The molecule has 2 unspecified atom stereocenters. The Morgan fingerprint density at radius 3 is 2.89 bits per heavy atom. The lowest BCUT2D eigenvalue weighted by Crippen LogP contribution is -2.48. The Kier molecular flexibility index (Phi) is 3.40. The fraction of sp³-hybridized carbons (Fsp3) is 0.800. The van der Waals surface area contributed by atoms with Gasteiger partial charge in [-0.05, 0) is 41.2 Å². The number of fused-ring (bicyclic) bond motifs is 1. The number of piperidine rings is 1. The zero-order chi connectivity index (χ0) is 13.6. The van der Waals surface area contributed by atoms with Crippen LogP contribution < -0.4 is 5.32 Å². The normalized spacial score (nSPS) is 28.5. The fourth-order valence-electron chi connectivity index (χ4n) is 3.03. The molecule has 2 aliphatic heterocycles. The minimum Gasteiger partial charge on any atom is -0.315 e. The van der Waals surface area contributed by atoms with Crippen LogP contribution >= 0.6 is 15.9 Å². The molecule has 1 aromatic heterocycles. The largest absolute Gasteiger partial charge is 0.315 e. The molecule has 0 radical (unpaired) electrons. The van der Waals surface area contributed by atoms with Crippen LogP contribution in [0.3, 0.4) is 0 Å². The van der Waals surface area contributed by atoms with Gasteiger partial charge in [0.05, 0.1) is 0 Å². The maximum Gasteiger partial charge on any atom is 0.263 e. The molecule has 0 spiro atoms. The molecule has 3 heterocycles. The van der Waals surface area contributed by atoms with Crippen LogP contribution in [0.4, 0.5) is 0 Å². The molecule has 19 heavy (non-hydrogen) atoms. The van der Waals surface area contributed by atoms with Gasteiger partial charge < -0.3 is 5.32 Å². The maximum atomic E-state index is 12.8. The van der Waals surface area contributed by atoms with Crippen molar-refractivity contribution in [2.75, 3.05) is 19.6 Å². The molecule has 0 aromatic carbocycles. The van der Waals surface area contributed by atoms with Gasteiger partial charge >= 0.3 is 0 Å². The number of nitrogens with one attached hydrogen (secondary N) is 1. The van der Waals surface area contributed by atoms with E-state index in [1.165, 1.54) is 4.68 Å². The smallest absolute Gasteiger partial charge is 0.263 e. The topological polar surface area (TPSA) is 80.1 Å². The van der Waals surface area contributed by atoms with Gasteiger partial charge in [-0.1, -0.05) is 5.21 Å². The molecule has 0 aliphatic carbocycles. The van der Waals surface area contributed by atoms with Gasteiger partial charge in [-0.15, -0.1) is 5.10 Å². The van der Waals surface area contributed by atoms with Crippen molar-refractivity contribution >= 4 is 26.0 Å². The minimum atomic E-state index is -3.55. The standard InChI is InChI=1S/C10H16BrN5O2S/c1-15-10(9(11)13-14-15)19(17,18)16-4-2-3-7-5-12-6-8(7)16/h7-8,12H,2-6H2,1H3. The summed E-state index contributed by atoms with van der Waals surface area (Å²) < 4.78 is 28.8. The number of nitrogens with zero attached hydrogens (tertiary/aromatic N) is 4. The van der Waals surface area contributed by atoms with Crippen molar-refractivity contribution in [2.45, 2.75) is 23.9 Å². The summed E-state index contributed by atoms with van der Waals surface area (Å²) in [6.07, 6.45) is 2.00. The first-order valence-electron chi connectivity index (χ1n) is 6.29. The van der Waals surface area contributed by atoms with E-state index in [1.807, 2.05) is 0 Å². The number of hydrogen-bond acceptors (Lipinski definition) is 5. The second-order valence-electron chi connectivity index (χ2n) is 5.05. The predicted molar refractivity (Wildman–Crippen MR) is 72.0 cm³/mol. The summed E-state index contributed by atoms with van der Waals surface area (Å²) in [5, 5.41) is 11.0. The van der Waals surface area contributed by atoms with Crippen molar-refractivity contribution < 1.29 is 8.42 Å². The first-order valence-corrected chi connectivity index (χ1v) is 8.53. The van der Waals surface area contributed by atoms with Crippen LogP contribution in [-0.2, 0) is 17.1 Å². The molecular formula is C10H16BrN5O2S. The Morgan fingerprint density at radius 1 is 1.42 bits per heavy atom. The number of halogens is 1. The summed E-state index contributed by atoms with van der Waals surface area (Å²) in [4.78, 5) is 0. The molecule has 106 valence electrons. The van der Waals surface area contributed by atoms with Crippen LogP contribution in [0, 0.1) is 5.92 Å². The van der Waals surface area contributed by atoms with Gasteiger partial charge in [-0.25, -0.2) is 13.1 Å². The number of rotatable bonds is 2. The molecule has 2 aliphatic rings. The summed E-state index contributed by atoms with van der Waals surface area (Å²) >= 11 is 3.18. The van der Waals surface area contributed by atoms with E-state index < -0.39 is 10.0 Å². The van der Waals surface area contributed by atoms with Gasteiger partial charge in [0.15, 0.2) is 4.60 Å². The highest BCUT2D eigenvalue weighted by molar-refractivity contribution is 9.10. The highest BCUT2D eigenvalue weighted by Gasteiger charge is 2.43. The number of hydrogen-bond donors (Lipinski definition) is 1. The highest BCUT2D eigenvalue weighted by atomic mass is 79.9. The third-order valence-corrected chi connectivity index (χ3v) is 6.73. The van der Waals surface area contributed by atoms with Gasteiger partial charge in [-0.3, -0.25) is 0 Å². The number of sulfonamides is 1. The van der Waals surface area contributed by atoms with E-state index in [4.69, 9.17) is 0 Å². The Bertz CT molecular complexity index is 567. The average molecular weight is 350 g/mol. The quantitative estimate of drug-likeness (QED) is 0.809. The molecule has 3 rings (SSSR count). The molecule has 0 amide bonds. The summed E-state index contributed by atoms with van der Waals surface area (Å²) in [5.41, 5.74) is 0. The zero-order valence-corrected chi connectivity index (χ0v) is 13.0. The third kappa shape index (κ3) is 2.12. The van der Waals surface area contributed by atoms with Crippen molar-refractivity contribution in [3.63, 3.8) is 0 Å². The van der Waals surface area contributed by atoms with Crippen LogP contribution in [0.15, 0.2) is 9.63 Å². The SMILES string of the molecule is Cn1nnc(Br)c1S(=O)(=O)N1CCCC2CNCC21. The average Bonchev–Trinajstić information content (AvgIpc) is 2.95. The third-order valence-electron chi connectivity index (χ3n) is 3.92. The van der Waals surface area contributed by atoms with E-state index in [0.717, 1.165) is 25.9 Å². The molecule has 0 saturated carbocycles. The van der Waals surface area contributed by atoms with Crippen molar-refractivity contribution in [3.05, 3.63) is 4.60 Å². The van der Waals surface area contributed by atoms with E-state index in [9.17, 15) is 8.42 Å². The summed E-state index contributed by atoms with van der Waals surface area (Å²) in [5.74, 6) is 0.420. The van der Waals surface area contributed by atoms with Crippen molar-refractivity contribution in [1.29, 1.82) is 0 Å². The van der Waals surface area contributed by atoms with Crippen molar-refractivity contribution in [3.8, 4) is 0 Å². The van der Waals surface area contributed by atoms with E-state index in [1.54, 1.807) is 11.4 Å². The van der Waals surface area contributed by atoms with Gasteiger partial charge in [0, 0.05) is 26.2 Å². The Balaban J connectivity index is 2.00. The van der Waals surface area contributed by atoms with Crippen LogP contribution in [0.2, 0.25) is 0 Å². The Labute approximate surface area is 120 Å². The van der Waals surface area contributed by atoms with Gasteiger partial charge in [0.1, 0.15) is 0 Å². The van der Waals surface area contributed by atoms with E-state index in [0.29, 0.717) is 12.5 Å². The van der Waals surface area contributed by atoms with Crippen molar-refractivity contribution in [2.24, 2.45) is 13.0 Å². The van der Waals surface area contributed by atoms with Gasteiger partial charge in [-0.2, -0.15) is 4.31 Å².